The van der Waals surface area contributed by atoms with Crippen molar-refractivity contribution < 1.29 is 4.79 Å². The number of likely N-dealkylation sites (tertiary alicyclic amines) is 1. The molecule has 1 N–H and O–H groups in total. The summed E-state index contributed by atoms with van der Waals surface area (Å²) in [5.41, 5.74) is 6.04. The quantitative estimate of drug-likeness (QED) is 0.889. The molecule has 1 aliphatic heterocycles. The van der Waals surface area contributed by atoms with Crippen molar-refractivity contribution in [2.24, 2.45) is 5.92 Å². The molecule has 4 rings (SSSR count). The van der Waals surface area contributed by atoms with Crippen LogP contribution < -0.4 is 0 Å². The van der Waals surface area contributed by atoms with Gasteiger partial charge >= 0.3 is 0 Å². The molecule has 0 saturated carbocycles. The van der Waals surface area contributed by atoms with E-state index < -0.39 is 0 Å². The molecule has 6 nitrogen and oxygen atoms in total. The number of nitrogens with one attached hydrogen (secondary N) is 1. The van der Waals surface area contributed by atoms with Crippen LogP contribution in [0.4, 0.5) is 0 Å². The van der Waals surface area contributed by atoms with Gasteiger partial charge in [0.05, 0.1) is 11.2 Å². The molecule has 134 valence electrons. The van der Waals surface area contributed by atoms with Gasteiger partial charge in [0, 0.05) is 42.3 Å². The predicted molar refractivity (Wildman–Crippen MR) is 97.8 cm³/mol. The van der Waals surface area contributed by atoms with Crippen LogP contribution in [0.15, 0.2) is 5.51 Å². The van der Waals surface area contributed by atoms with Gasteiger partial charge in [0.15, 0.2) is 5.69 Å². The van der Waals surface area contributed by atoms with Crippen LogP contribution >= 0.6 is 11.3 Å². The van der Waals surface area contributed by atoms with E-state index in [1.807, 2.05) is 10.4 Å². The predicted octanol–water partition coefficient (Wildman–Crippen LogP) is 2.26. The first-order chi connectivity index (χ1) is 12.1. The number of thiazole rings is 1. The first-order valence-electron chi connectivity index (χ1n) is 9.04. The molecular formula is C18H25N5OS. The summed E-state index contributed by atoms with van der Waals surface area (Å²) in [6, 6.07) is 0. The first-order valence-corrected chi connectivity index (χ1v) is 9.92. The fraction of sp³-hybridized carbons (Fsp3) is 0.611. The molecule has 25 heavy (non-hydrogen) atoms. The van der Waals surface area contributed by atoms with Gasteiger partial charge in [-0.3, -0.25) is 9.89 Å². The normalized spacial score (nSPS) is 19.8. The molecule has 1 atom stereocenters. The van der Waals surface area contributed by atoms with E-state index in [0.717, 1.165) is 63.1 Å². The van der Waals surface area contributed by atoms with Crippen LogP contribution in [0.2, 0.25) is 0 Å². The van der Waals surface area contributed by atoms with Crippen molar-refractivity contribution in [3.63, 3.8) is 0 Å². The average Bonchev–Trinajstić information content (AvgIpc) is 3.32. The molecule has 0 spiro atoms. The number of hydrogen-bond acceptors (Lipinski definition) is 5. The van der Waals surface area contributed by atoms with Crippen molar-refractivity contribution in [2.45, 2.75) is 39.2 Å². The Kier molecular flexibility index (Phi) is 4.60. The van der Waals surface area contributed by atoms with Gasteiger partial charge in [-0.25, -0.2) is 4.98 Å². The maximum Gasteiger partial charge on any atom is 0.274 e. The first kappa shape index (κ1) is 16.7. The van der Waals surface area contributed by atoms with Gasteiger partial charge in [-0.1, -0.05) is 0 Å². The smallest absolute Gasteiger partial charge is 0.274 e. The van der Waals surface area contributed by atoms with Gasteiger partial charge in [-0.15, -0.1) is 11.3 Å². The Morgan fingerprint density at radius 2 is 2.36 bits per heavy atom. The third kappa shape index (κ3) is 3.35. The number of amides is 1. The van der Waals surface area contributed by atoms with Crippen LogP contribution in [-0.2, 0) is 19.4 Å². The van der Waals surface area contributed by atoms with Gasteiger partial charge in [-0.05, 0) is 45.6 Å². The number of carbonyl (C=O) groups excluding carboxylic acids is 1. The second kappa shape index (κ2) is 6.88. The maximum atomic E-state index is 12.8. The minimum absolute atomic E-state index is 0.114. The second-order valence-corrected chi connectivity index (χ2v) is 8.29. The molecule has 7 heteroatoms. The van der Waals surface area contributed by atoms with Crippen molar-refractivity contribution in [1.29, 1.82) is 0 Å². The number of aromatic amines is 1. The minimum Gasteiger partial charge on any atom is -0.337 e. The van der Waals surface area contributed by atoms with Crippen molar-refractivity contribution in [3.05, 3.63) is 33.0 Å². The molecule has 2 aromatic rings. The van der Waals surface area contributed by atoms with Crippen molar-refractivity contribution in [2.75, 3.05) is 26.7 Å². The van der Waals surface area contributed by atoms with Crippen molar-refractivity contribution in [1.82, 2.24) is 25.0 Å². The van der Waals surface area contributed by atoms with Crippen LogP contribution in [0.25, 0.3) is 0 Å². The van der Waals surface area contributed by atoms with Gasteiger partial charge in [0.25, 0.3) is 5.91 Å². The van der Waals surface area contributed by atoms with Crippen LogP contribution in [0, 0.1) is 12.8 Å². The van der Waals surface area contributed by atoms with E-state index in [0.29, 0.717) is 11.6 Å². The molecule has 1 amide bonds. The summed E-state index contributed by atoms with van der Waals surface area (Å²) in [7, 11) is 2.16. The van der Waals surface area contributed by atoms with Crippen LogP contribution in [0.1, 0.15) is 45.2 Å². The van der Waals surface area contributed by atoms with Gasteiger partial charge < -0.3 is 9.80 Å². The molecule has 3 heterocycles. The van der Waals surface area contributed by atoms with Crippen LogP contribution in [0.5, 0.6) is 0 Å². The SMILES string of the molecule is Cc1ncsc1CN(C)CC1CCN(C(=O)c2n[nH]c3c2CCC3)C1. The van der Waals surface area contributed by atoms with Crippen molar-refractivity contribution in [3.8, 4) is 0 Å². The van der Waals surface area contributed by atoms with Gasteiger partial charge in [-0.2, -0.15) is 5.10 Å². The molecule has 1 fully saturated rings. The van der Waals surface area contributed by atoms with Crippen molar-refractivity contribution >= 4 is 17.2 Å². The Morgan fingerprint density at radius 3 is 3.16 bits per heavy atom. The topological polar surface area (TPSA) is 65.1 Å². The Labute approximate surface area is 152 Å². The molecule has 0 aromatic carbocycles. The molecule has 0 bridgehead atoms. The number of H-pyrrole nitrogens is 1. The Morgan fingerprint density at radius 1 is 1.48 bits per heavy atom. The number of fused-ring (bicyclic) bond motifs is 1. The molecular weight excluding hydrogens is 334 g/mol. The lowest BCUT2D eigenvalue weighted by Gasteiger charge is -2.21. The lowest BCUT2D eigenvalue weighted by Crippen LogP contribution is -2.32. The van der Waals surface area contributed by atoms with E-state index in [-0.39, 0.29) is 5.91 Å². The summed E-state index contributed by atoms with van der Waals surface area (Å²) in [5, 5.41) is 7.35. The Balaban J connectivity index is 1.33. The lowest BCUT2D eigenvalue weighted by atomic mass is 10.1. The summed E-state index contributed by atoms with van der Waals surface area (Å²) in [6.45, 7) is 5.70. The molecule has 2 aliphatic rings. The number of carbonyl (C=O) groups is 1. The number of nitrogens with zero attached hydrogens (tertiary/aromatic N) is 4. The minimum atomic E-state index is 0.114. The fourth-order valence-corrected chi connectivity index (χ4v) is 4.90. The zero-order chi connectivity index (χ0) is 17.4. The molecule has 0 radical (unpaired) electrons. The van der Waals surface area contributed by atoms with E-state index in [4.69, 9.17) is 0 Å². The average molecular weight is 359 g/mol. The summed E-state index contributed by atoms with van der Waals surface area (Å²) >= 11 is 1.72. The van der Waals surface area contributed by atoms with E-state index in [2.05, 4.69) is 34.1 Å². The van der Waals surface area contributed by atoms with Crippen LogP contribution in [0.3, 0.4) is 0 Å². The number of aryl methyl sites for hydroxylation is 2. The Hall–Kier alpha value is -1.73. The number of hydrogen-bond donors (Lipinski definition) is 1. The monoisotopic (exact) mass is 359 g/mol. The summed E-state index contributed by atoms with van der Waals surface area (Å²) in [5.74, 6) is 0.650. The molecule has 1 aliphatic carbocycles. The number of aromatic nitrogens is 3. The highest BCUT2D eigenvalue weighted by Crippen LogP contribution is 2.26. The summed E-state index contributed by atoms with van der Waals surface area (Å²) in [4.78, 5) is 22.8. The largest absolute Gasteiger partial charge is 0.337 e. The molecule has 2 aromatic heterocycles. The maximum absolute atomic E-state index is 12.8. The van der Waals surface area contributed by atoms with E-state index in [9.17, 15) is 4.79 Å². The van der Waals surface area contributed by atoms with E-state index in [1.165, 1.54) is 10.6 Å². The lowest BCUT2D eigenvalue weighted by molar-refractivity contribution is 0.0777. The summed E-state index contributed by atoms with van der Waals surface area (Å²) in [6.07, 6.45) is 4.22. The summed E-state index contributed by atoms with van der Waals surface area (Å²) < 4.78 is 0. The molecule has 1 unspecified atom stereocenters. The third-order valence-electron chi connectivity index (χ3n) is 5.41. The zero-order valence-corrected chi connectivity index (χ0v) is 15.7. The second-order valence-electron chi connectivity index (χ2n) is 7.35. The third-order valence-corrected chi connectivity index (χ3v) is 6.33. The zero-order valence-electron chi connectivity index (χ0n) is 14.9. The highest BCUT2D eigenvalue weighted by Gasteiger charge is 2.31. The number of rotatable bonds is 5. The van der Waals surface area contributed by atoms with Gasteiger partial charge in [0.1, 0.15) is 0 Å². The van der Waals surface area contributed by atoms with Gasteiger partial charge in [0.2, 0.25) is 0 Å². The van der Waals surface area contributed by atoms with E-state index >= 15 is 0 Å². The molecule has 1 saturated heterocycles. The highest BCUT2D eigenvalue weighted by molar-refractivity contribution is 7.09. The fourth-order valence-electron chi connectivity index (χ4n) is 4.04. The standard InChI is InChI=1S/C18H25N5OS/c1-12-16(25-11-19-12)10-22(2)8-13-6-7-23(9-13)18(24)17-14-4-3-5-15(14)20-21-17/h11,13H,3-10H2,1-2H3,(H,20,21). The Bertz CT molecular complexity index is 767. The van der Waals surface area contributed by atoms with E-state index in [1.54, 1.807) is 11.3 Å². The highest BCUT2D eigenvalue weighted by atomic mass is 32.1. The van der Waals surface area contributed by atoms with Crippen LogP contribution in [-0.4, -0.2) is 57.6 Å².